The molecule has 0 aliphatic rings. The molecule has 0 aromatic heterocycles. The molecule has 0 amide bonds. The van der Waals surface area contributed by atoms with Gasteiger partial charge in [-0.1, -0.05) is 103 Å². The van der Waals surface area contributed by atoms with Crippen molar-refractivity contribution < 1.29 is 39.6 Å². The fraction of sp³-hybridized carbons (Fsp3) is 0.857. The monoisotopic (exact) mass is 516 g/mol. The summed E-state index contributed by atoms with van der Waals surface area (Å²) in [6, 6.07) is 0. The predicted molar refractivity (Wildman–Crippen MR) is 141 cm³/mol. The van der Waals surface area contributed by atoms with E-state index in [-0.39, 0.29) is 12.8 Å². The molecule has 0 saturated heterocycles. The van der Waals surface area contributed by atoms with Crippen LogP contribution < -0.4 is 0 Å². The quantitative estimate of drug-likeness (QED) is 0.0855. The first-order chi connectivity index (χ1) is 17.3. The Balaban J connectivity index is 0. The number of carboxylic acids is 4. The molecule has 0 aliphatic carbocycles. The first kappa shape index (κ1) is 36.0. The molecule has 0 atom stereocenters. The molecule has 8 nitrogen and oxygen atoms in total. The van der Waals surface area contributed by atoms with Crippen LogP contribution in [-0.2, 0) is 19.2 Å². The van der Waals surface area contributed by atoms with Crippen molar-refractivity contribution in [2.24, 2.45) is 0 Å². The van der Waals surface area contributed by atoms with E-state index in [1.165, 1.54) is 51.4 Å². The maximum Gasteiger partial charge on any atom is 0.303 e. The Bertz CT molecular complexity index is 502. The van der Waals surface area contributed by atoms with E-state index in [4.69, 9.17) is 20.4 Å². The van der Waals surface area contributed by atoms with E-state index >= 15 is 0 Å². The third-order valence-corrected chi connectivity index (χ3v) is 6.06. The molecule has 212 valence electrons. The van der Waals surface area contributed by atoms with Crippen molar-refractivity contribution in [3.05, 3.63) is 0 Å². The van der Waals surface area contributed by atoms with Crippen LogP contribution >= 0.6 is 0 Å². The van der Waals surface area contributed by atoms with Crippen molar-refractivity contribution in [3.63, 3.8) is 0 Å². The Hall–Kier alpha value is -2.12. The van der Waals surface area contributed by atoms with Crippen LogP contribution in [0.1, 0.15) is 154 Å². The van der Waals surface area contributed by atoms with Gasteiger partial charge in [0.15, 0.2) is 0 Å². The fourth-order valence-electron chi connectivity index (χ4n) is 3.93. The second-order valence-corrected chi connectivity index (χ2v) is 9.65. The molecule has 0 saturated carbocycles. The van der Waals surface area contributed by atoms with Crippen molar-refractivity contribution >= 4 is 23.9 Å². The number of hydrogen-bond donors (Lipinski definition) is 4. The lowest BCUT2D eigenvalue weighted by Gasteiger charge is -2.02. The van der Waals surface area contributed by atoms with E-state index < -0.39 is 23.9 Å². The molecule has 0 aromatic rings. The van der Waals surface area contributed by atoms with Crippen LogP contribution in [0.2, 0.25) is 0 Å². The summed E-state index contributed by atoms with van der Waals surface area (Å²) in [4.78, 5) is 41.1. The summed E-state index contributed by atoms with van der Waals surface area (Å²) in [6.07, 6.45) is 22.6. The highest BCUT2D eigenvalue weighted by molar-refractivity contribution is 5.67. The number of aliphatic carboxylic acids is 4. The molecule has 0 radical (unpaired) electrons. The molecule has 8 heteroatoms. The van der Waals surface area contributed by atoms with E-state index in [9.17, 15) is 19.2 Å². The first-order valence-corrected chi connectivity index (χ1v) is 14.1. The average molecular weight is 517 g/mol. The summed E-state index contributed by atoms with van der Waals surface area (Å²) >= 11 is 0. The molecule has 0 unspecified atom stereocenters. The molecule has 0 bridgehead atoms. The molecule has 0 aliphatic heterocycles. The van der Waals surface area contributed by atoms with Crippen LogP contribution in [0, 0.1) is 0 Å². The van der Waals surface area contributed by atoms with Gasteiger partial charge in [0.05, 0.1) is 0 Å². The van der Waals surface area contributed by atoms with E-state index in [0.29, 0.717) is 12.8 Å². The van der Waals surface area contributed by atoms with Gasteiger partial charge in [-0.3, -0.25) is 19.2 Å². The summed E-state index contributed by atoms with van der Waals surface area (Å²) in [6.45, 7) is 0. The standard InChI is InChI=1S/C15H28O4.C13H24O4/c16-14(17)12-10-8-6-4-2-1-3-5-7-9-11-13-15(18)19;14-12(15)10-8-6-4-2-1-3-5-7-9-11-13(16)17/h1-13H2,(H,16,17)(H,18,19);1-11H2,(H,14,15)(H,16,17). The Morgan fingerprint density at radius 2 is 0.361 bits per heavy atom. The summed E-state index contributed by atoms with van der Waals surface area (Å²) in [7, 11) is 0. The first-order valence-electron chi connectivity index (χ1n) is 14.1. The molecule has 0 spiro atoms. The maximum atomic E-state index is 10.3. The predicted octanol–water partition coefficient (Wildman–Crippen LogP) is 7.67. The minimum atomic E-state index is -0.705. The smallest absolute Gasteiger partial charge is 0.303 e. The number of carbonyl (C=O) groups is 4. The zero-order chi connectivity index (χ0) is 27.3. The molecule has 4 N–H and O–H groups in total. The Kier molecular flexibility index (Phi) is 29.1. The minimum Gasteiger partial charge on any atom is -0.481 e. The zero-order valence-electron chi connectivity index (χ0n) is 22.4. The molecule has 0 aromatic carbocycles. The van der Waals surface area contributed by atoms with E-state index in [1.54, 1.807) is 0 Å². The largest absolute Gasteiger partial charge is 0.481 e. The number of unbranched alkanes of at least 4 members (excludes halogenated alkanes) is 18. The molecular formula is C28H52O8. The van der Waals surface area contributed by atoms with Crippen LogP contribution in [0.15, 0.2) is 0 Å². The third kappa shape index (κ3) is 39.1. The molecule has 0 heterocycles. The third-order valence-electron chi connectivity index (χ3n) is 6.06. The van der Waals surface area contributed by atoms with Gasteiger partial charge in [0, 0.05) is 25.7 Å². The fourth-order valence-corrected chi connectivity index (χ4v) is 3.93. The highest BCUT2D eigenvalue weighted by Crippen LogP contribution is 2.13. The van der Waals surface area contributed by atoms with Gasteiger partial charge >= 0.3 is 23.9 Å². The molecule has 0 fully saturated rings. The molecular weight excluding hydrogens is 464 g/mol. The highest BCUT2D eigenvalue weighted by atomic mass is 16.4. The second-order valence-electron chi connectivity index (χ2n) is 9.65. The van der Waals surface area contributed by atoms with Crippen LogP contribution in [0.4, 0.5) is 0 Å². The maximum absolute atomic E-state index is 10.3. The van der Waals surface area contributed by atoms with Gasteiger partial charge in [-0.05, 0) is 25.7 Å². The van der Waals surface area contributed by atoms with Gasteiger partial charge < -0.3 is 20.4 Å². The van der Waals surface area contributed by atoms with Crippen molar-refractivity contribution in [1.29, 1.82) is 0 Å². The Morgan fingerprint density at radius 3 is 0.472 bits per heavy atom. The minimum absolute atomic E-state index is 0.287. The van der Waals surface area contributed by atoms with Crippen LogP contribution in [0.25, 0.3) is 0 Å². The van der Waals surface area contributed by atoms with Gasteiger partial charge in [0.2, 0.25) is 0 Å². The zero-order valence-corrected chi connectivity index (χ0v) is 22.4. The highest BCUT2D eigenvalue weighted by Gasteiger charge is 1.99. The SMILES string of the molecule is O=C(O)CCCCCCCCCCCC(=O)O.O=C(O)CCCCCCCCCCCCCC(=O)O. The van der Waals surface area contributed by atoms with Gasteiger partial charge in [0.25, 0.3) is 0 Å². The summed E-state index contributed by atoms with van der Waals surface area (Å²) in [5.41, 5.74) is 0. The van der Waals surface area contributed by atoms with E-state index in [2.05, 4.69) is 0 Å². The topological polar surface area (TPSA) is 149 Å². The van der Waals surface area contributed by atoms with E-state index in [0.717, 1.165) is 77.0 Å². The van der Waals surface area contributed by atoms with Gasteiger partial charge in [-0.15, -0.1) is 0 Å². The molecule has 0 rings (SSSR count). The van der Waals surface area contributed by atoms with Crippen molar-refractivity contribution in [2.75, 3.05) is 0 Å². The normalized spacial score (nSPS) is 10.4. The van der Waals surface area contributed by atoms with Gasteiger partial charge in [0.1, 0.15) is 0 Å². The number of hydrogen-bond acceptors (Lipinski definition) is 4. The lowest BCUT2D eigenvalue weighted by Crippen LogP contribution is -1.94. The number of carboxylic acid groups (broad SMARTS) is 4. The van der Waals surface area contributed by atoms with Crippen LogP contribution in [-0.4, -0.2) is 44.3 Å². The summed E-state index contributed by atoms with van der Waals surface area (Å²) in [5.74, 6) is -2.79. The van der Waals surface area contributed by atoms with Gasteiger partial charge in [-0.25, -0.2) is 0 Å². The number of rotatable bonds is 26. The van der Waals surface area contributed by atoms with E-state index in [1.807, 2.05) is 0 Å². The Morgan fingerprint density at radius 1 is 0.250 bits per heavy atom. The van der Waals surface area contributed by atoms with Crippen molar-refractivity contribution in [2.45, 2.75) is 154 Å². The van der Waals surface area contributed by atoms with Crippen molar-refractivity contribution in [3.8, 4) is 0 Å². The lowest BCUT2D eigenvalue weighted by molar-refractivity contribution is -0.138. The summed E-state index contributed by atoms with van der Waals surface area (Å²) < 4.78 is 0. The average Bonchev–Trinajstić information content (AvgIpc) is 2.80. The Labute approximate surface area is 217 Å². The molecule has 36 heavy (non-hydrogen) atoms. The summed E-state index contributed by atoms with van der Waals surface area (Å²) in [5, 5.41) is 33.8. The lowest BCUT2D eigenvalue weighted by atomic mass is 10.0. The second kappa shape index (κ2) is 29.1. The van der Waals surface area contributed by atoms with Gasteiger partial charge in [-0.2, -0.15) is 0 Å². The van der Waals surface area contributed by atoms with Crippen LogP contribution in [0.3, 0.4) is 0 Å². The van der Waals surface area contributed by atoms with Crippen molar-refractivity contribution in [1.82, 2.24) is 0 Å². The van der Waals surface area contributed by atoms with Crippen LogP contribution in [0.5, 0.6) is 0 Å².